The number of non-ortho nitro benzene ring substituents is 1. The minimum Gasteiger partial charge on any atom is -0.438 e. The van der Waals surface area contributed by atoms with Crippen molar-refractivity contribution in [3.63, 3.8) is 0 Å². The van der Waals surface area contributed by atoms with Crippen LogP contribution in [0, 0.1) is 10.1 Å². The first kappa shape index (κ1) is 17.1. The van der Waals surface area contributed by atoms with Crippen molar-refractivity contribution in [2.24, 2.45) is 0 Å². The van der Waals surface area contributed by atoms with Crippen LogP contribution in [0.3, 0.4) is 0 Å². The first-order valence-electron chi connectivity index (χ1n) is 7.83. The summed E-state index contributed by atoms with van der Waals surface area (Å²) in [7, 11) is 0. The molecule has 1 aromatic heterocycles. The van der Waals surface area contributed by atoms with Crippen molar-refractivity contribution in [3.8, 4) is 11.6 Å². The van der Waals surface area contributed by atoms with Crippen LogP contribution in [0.5, 0.6) is 11.6 Å². The highest BCUT2D eigenvalue weighted by atomic mass is 16.6. The number of hydrogen-bond donors (Lipinski definition) is 1. The molecule has 7 heteroatoms. The van der Waals surface area contributed by atoms with Crippen LogP contribution >= 0.6 is 0 Å². The summed E-state index contributed by atoms with van der Waals surface area (Å²) >= 11 is 0. The zero-order valence-electron chi connectivity index (χ0n) is 13.7. The van der Waals surface area contributed by atoms with Gasteiger partial charge in [-0.15, -0.1) is 0 Å². The number of ether oxygens (including phenoxy) is 1. The summed E-state index contributed by atoms with van der Waals surface area (Å²) in [5.41, 5.74) is 1.11. The summed E-state index contributed by atoms with van der Waals surface area (Å²) in [4.78, 5) is 26.9. The molecular formula is C19H15N3O4. The molecule has 0 aliphatic rings. The largest absolute Gasteiger partial charge is 0.438 e. The van der Waals surface area contributed by atoms with Crippen LogP contribution in [-0.4, -0.2) is 15.8 Å². The first-order chi connectivity index (χ1) is 12.6. The molecule has 0 atom stereocenters. The standard InChI is InChI=1S/C19H15N3O4/c23-18(21-13-14-6-2-1-3-7-14)17-10-5-11-20-19(17)26-16-9-4-8-15(12-16)22(24)25/h1-12H,13H2,(H,21,23). The molecule has 0 saturated heterocycles. The van der Waals surface area contributed by atoms with Gasteiger partial charge in [-0.25, -0.2) is 4.98 Å². The molecule has 3 rings (SSSR count). The molecule has 1 amide bonds. The normalized spacial score (nSPS) is 10.2. The summed E-state index contributed by atoms with van der Waals surface area (Å²) < 4.78 is 5.60. The van der Waals surface area contributed by atoms with E-state index in [1.54, 1.807) is 18.2 Å². The molecule has 26 heavy (non-hydrogen) atoms. The molecule has 1 N–H and O–H groups in total. The molecule has 130 valence electrons. The minimum absolute atomic E-state index is 0.0820. The average Bonchev–Trinajstić information content (AvgIpc) is 2.67. The lowest BCUT2D eigenvalue weighted by molar-refractivity contribution is -0.384. The van der Waals surface area contributed by atoms with Gasteiger partial charge in [-0.3, -0.25) is 14.9 Å². The number of hydrogen-bond acceptors (Lipinski definition) is 5. The summed E-state index contributed by atoms with van der Waals surface area (Å²) in [5.74, 6) is -0.0315. The van der Waals surface area contributed by atoms with E-state index in [0.717, 1.165) is 5.56 Å². The number of nitro groups is 1. The van der Waals surface area contributed by atoms with Gasteiger partial charge in [0.15, 0.2) is 0 Å². The molecular weight excluding hydrogens is 334 g/mol. The Morgan fingerprint density at radius 2 is 1.88 bits per heavy atom. The lowest BCUT2D eigenvalue weighted by Gasteiger charge is -2.10. The van der Waals surface area contributed by atoms with Gasteiger partial charge in [-0.2, -0.15) is 0 Å². The molecule has 7 nitrogen and oxygen atoms in total. The van der Waals surface area contributed by atoms with Gasteiger partial charge in [0.05, 0.1) is 11.0 Å². The Morgan fingerprint density at radius 1 is 1.08 bits per heavy atom. The predicted molar refractivity (Wildman–Crippen MR) is 95.0 cm³/mol. The highest BCUT2D eigenvalue weighted by molar-refractivity contribution is 5.96. The quantitative estimate of drug-likeness (QED) is 0.541. The second-order valence-corrected chi connectivity index (χ2v) is 5.38. The van der Waals surface area contributed by atoms with Crippen molar-refractivity contribution in [1.82, 2.24) is 10.3 Å². The third-order valence-corrected chi connectivity index (χ3v) is 3.55. The third-order valence-electron chi connectivity index (χ3n) is 3.55. The smallest absolute Gasteiger partial charge is 0.273 e. The summed E-state index contributed by atoms with van der Waals surface area (Å²) in [6.07, 6.45) is 1.49. The second kappa shape index (κ2) is 7.89. The number of amides is 1. The maximum absolute atomic E-state index is 12.5. The SMILES string of the molecule is O=C(NCc1ccccc1)c1cccnc1Oc1cccc([N+](=O)[O-])c1. The molecule has 0 saturated carbocycles. The Hall–Kier alpha value is -3.74. The molecule has 0 spiro atoms. The van der Waals surface area contributed by atoms with Crippen LogP contribution in [0.15, 0.2) is 72.9 Å². The lowest BCUT2D eigenvalue weighted by Crippen LogP contribution is -2.23. The van der Waals surface area contributed by atoms with E-state index in [1.807, 2.05) is 30.3 Å². The number of rotatable bonds is 6. The lowest BCUT2D eigenvalue weighted by atomic mass is 10.2. The van der Waals surface area contributed by atoms with Crippen molar-refractivity contribution < 1.29 is 14.5 Å². The summed E-state index contributed by atoms with van der Waals surface area (Å²) in [6, 6.07) is 18.4. The molecule has 0 aliphatic heterocycles. The number of carbonyl (C=O) groups excluding carboxylic acids is 1. The van der Waals surface area contributed by atoms with Gasteiger partial charge >= 0.3 is 0 Å². The van der Waals surface area contributed by atoms with E-state index in [2.05, 4.69) is 10.3 Å². The number of benzene rings is 2. The number of nitro benzene ring substituents is 1. The number of aromatic nitrogens is 1. The van der Waals surface area contributed by atoms with E-state index in [1.165, 1.54) is 24.4 Å². The number of pyridine rings is 1. The first-order valence-corrected chi connectivity index (χ1v) is 7.83. The fraction of sp³-hybridized carbons (Fsp3) is 0.0526. The van der Waals surface area contributed by atoms with Gasteiger partial charge in [0.25, 0.3) is 11.6 Å². The molecule has 0 aliphatic carbocycles. The van der Waals surface area contributed by atoms with Gasteiger partial charge in [0.1, 0.15) is 11.3 Å². The van der Waals surface area contributed by atoms with E-state index in [-0.39, 0.29) is 28.8 Å². The van der Waals surface area contributed by atoms with Crippen molar-refractivity contribution in [1.29, 1.82) is 0 Å². The second-order valence-electron chi connectivity index (χ2n) is 5.38. The Kier molecular flexibility index (Phi) is 5.19. The molecule has 1 heterocycles. The van der Waals surface area contributed by atoms with E-state index in [4.69, 9.17) is 4.74 Å². The number of carbonyl (C=O) groups is 1. The summed E-state index contributed by atoms with van der Waals surface area (Å²) in [5, 5.41) is 13.7. The van der Waals surface area contributed by atoms with Gasteiger partial charge in [-0.05, 0) is 23.8 Å². The zero-order chi connectivity index (χ0) is 18.4. The van der Waals surface area contributed by atoms with Crippen LogP contribution in [0.1, 0.15) is 15.9 Å². The molecule has 3 aromatic rings. The highest BCUT2D eigenvalue weighted by Crippen LogP contribution is 2.26. The Morgan fingerprint density at radius 3 is 2.65 bits per heavy atom. The summed E-state index contributed by atoms with van der Waals surface area (Å²) in [6.45, 7) is 0.366. The minimum atomic E-state index is -0.515. The average molecular weight is 349 g/mol. The van der Waals surface area contributed by atoms with E-state index >= 15 is 0 Å². The van der Waals surface area contributed by atoms with Gasteiger partial charge in [0.2, 0.25) is 5.88 Å². The number of nitrogens with zero attached hydrogens (tertiary/aromatic N) is 2. The van der Waals surface area contributed by atoms with Crippen molar-refractivity contribution >= 4 is 11.6 Å². The molecule has 0 unspecified atom stereocenters. The van der Waals surface area contributed by atoms with Gasteiger partial charge < -0.3 is 10.1 Å². The molecule has 0 bridgehead atoms. The van der Waals surface area contributed by atoms with Crippen LogP contribution in [0.2, 0.25) is 0 Å². The van der Waals surface area contributed by atoms with E-state index < -0.39 is 4.92 Å². The Labute approximate surface area is 149 Å². The van der Waals surface area contributed by atoms with Crippen LogP contribution in [-0.2, 0) is 6.54 Å². The van der Waals surface area contributed by atoms with Gasteiger partial charge in [-0.1, -0.05) is 36.4 Å². The van der Waals surface area contributed by atoms with Gasteiger partial charge in [0, 0.05) is 18.8 Å². The molecule has 0 fully saturated rings. The third kappa shape index (κ3) is 4.21. The number of nitrogens with one attached hydrogen (secondary N) is 1. The van der Waals surface area contributed by atoms with Crippen LogP contribution < -0.4 is 10.1 Å². The Balaban J connectivity index is 1.76. The molecule has 0 radical (unpaired) electrons. The Bertz CT molecular complexity index is 929. The zero-order valence-corrected chi connectivity index (χ0v) is 13.7. The fourth-order valence-electron chi connectivity index (χ4n) is 2.29. The van der Waals surface area contributed by atoms with Crippen molar-refractivity contribution in [2.45, 2.75) is 6.54 Å². The topological polar surface area (TPSA) is 94.4 Å². The van der Waals surface area contributed by atoms with E-state index in [0.29, 0.717) is 6.54 Å². The van der Waals surface area contributed by atoms with Crippen molar-refractivity contribution in [2.75, 3.05) is 0 Å². The van der Waals surface area contributed by atoms with E-state index in [9.17, 15) is 14.9 Å². The van der Waals surface area contributed by atoms with Crippen LogP contribution in [0.4, 0.5) is 5.69 Å². The predicted octanol–water partition coefficient (Wildman–Crippen LogP) is 3.71. The van der Waals surface area contributed by atoms with Crippen LogP contribution in [0.25, 0.3) is 0 Å². The maximum Gasteiger partial charge on any atom is 0.273 e. The van der Waals surface area contributed by atoms with Crippen molar-refractivity contribution in [3.05, 3.63) is 94.2 Å². The monoisotopic (exact) mass is 349 g/mol. The highest BCUT2D eigenvalue weighted by Gasteiger charge is 2.15. The fourth-order valence-corrected chi connectivity index (χ4v) is 2.29. The maximum atomic E-state index is 12.5. The molecule has 2 aromatic carbocycles.